The van der Waals surface area contributed by atoms with E-state index in [2.05, 4.69) is 34.6 Å². The zero-order chi connectivity index (χ0) is 41.9. The number of hydrogen-bond acceptors (Lipinski definition) is 6. The maximum absolute atomic E-state index is 12.7. The van der Waals surface area contributed by atoms with E-state index in [-0.39, 0.29) is 31.1 Å². The Morgan fingerprint density at radius 2 is 0.667 bits per heavy atom. The van der Waals surface area contributed by atoms with Gasteiger partial charge in [-0.2, -0.15) is 0 Å². The third-order valence-electron chi connectivity index (χ3n) is 11.8. The Kier molecular flexibility index (Phi) is 42.7. The first-order valence-corrected chi connectivity index (χ1v) is 25.3. The van der Waals surface area contributed by atoms with Crippen molar-refractivity contribution in [3.8, 4) is 0 Å². The molecule has 1 unspecified atom stereocenters. The molecule has 0 aliphatic rings. The summed E-state index contributed by atoms with van der Waals surface area (Å²) >= 11 is 0. The van der Waals surface area contributed by atoms with Crippen LogP contribution in [0.25, 0.3) is 0 Å². The van der Waals surface area contributed by atoms with Crippen molar-refractivity contribution in [3.63, 3.8) is 0 Å². The van der Waals surface area contributed by atoms with Crippen LogP contribution in [0, 0.1) is 11.8 Å². The van der Waals surface area contributed by atoms with E-state index in [0.29, 0.717) is 19.3 Å². The van der Waals surface area contributed by atoms with Gasteiger partial charge in [-0.1, -0.05) is 240 Å². The minimum absolute atomic E-state index is 0.0646. The van der Waals surface area contributed by atoms with Crippen molar-refractivity contribution in [2.24, 2.45) is 11.8 Å². The number of hydrogen-bond donors (Lipinski definition) is 0. The van der Waals surface area contributed by atoms with Crippen LogP contribution in [0.15, 0.2) is 0 Å². The maximum atomic E-state index is 12.7. The van der Waals surface area contributed by atoms with E-state index in [4.69, 9.17) is 14.2 Å². The summed E-state index contributed by atoms with van der Waals surface area (Å²) in [5.41, 5.74) is 0. The molecule has 0 bridgehead atoms. The van der Waals surface area contributed by atoms with Gasteiger partial charge in [-0.25, -0.2) is 0 Å². The number of ether oxygens (including phenoxy) is 3. The van der Waals surface area contributed by atoms with E-state index >= 15 is 0 Å². The quantitative estimate of drug-likeness (QED) is 0.0346. The molecule has 0 amide bonds. The summed E-state index contributed by atoms with van der Waals surface area (Å²) in [6, 6.07) is 0. The molecule has 6 nitrogen and oxygen atoms in total. The van der Waals surface area contributed by atoms with Crippen molar-refractivity contribution in [3.05, 3.63) is 0 Å². The van der Waals surface area contributed by atoms with Crippen LogP contribution < -0.4 is 0 Å². The highest BCUT2D eigenvalue weighted by atomic mass is 16.6. The minimum atomic E-state index is -0.762. The van der Waals surface area contributed by atoms with Gasteiger partial charge in [0.25, 0.3) is 0 Å². The van der Waals surface area contributed by atoms with Gasteiger partial charge in [0.2, 0.25) is 0 Å². The Hall–Kier alpha value is -1.59. The van der Waals surface area contributed by atoms with E-state index in [1.165, 1.54) is 167 Å². The molecule has 0 aromatic carbocycles. The summed E-state index contributed by atoms with van der Waals surface area (Å²) in [5.74, 6) is 0.788. The van der Waals surface area contributed by atoms with Crippen LogP contribution in [0.1, 0.15) is 279 Å². The molecule has 6 heteroatoms. The highest BCUT2D eigenvalue weighted by Crippen LogP contribution is 2.17. The average molecular weight is 807 g/mol. The number of esters is 3. The van der Waals surface area contributed by atoms with Crippen LogP contribution in [0.4, 0.5) is 0 Å². The fraction of sp³-hybridized carbons (Fsp3) is 0.941. The van der Waals surface area contributed by atoms with Crippen molar-refractivity contribution in [1.29, 1.82) is 0 Å². The summed E-state index contributed by atoms with van der Waals surface area (Å²) in [7, 11) is 0. The smallest absolute Gasteiger partial charge is 0.306 e. The zero-order valence-corrected chi connectivity index (χ0v) is 39.0. The Morgan fingerprint density at radius 3 is 1.00 bits per heavy atom. The summed E-state index contributed by atoms with van der Waals surface area (Å²) in [5, 5.41) is 0. The standard InChI is InChI=1S/C51H98O6/c1-6-8-9-10-11-12-13-14-15-16-17-18-19-26-31-36-41-49(52)55-44-48(45-56-50(53)42-37-32-27-22-20-24-29-34-39-46(3)4)57-51(54)43-38-33-28-23-21-25-30-35-40-47(5)7-2/h46-48H,6-45H2,1-5H3/t47?,48-/m1/s1. The molecule has 0 radical (unpaired) electrons. The molecule has 0 spiro atoms. The normalized spacial score (nSPS) is 12.5. The van der Waals surface area contributed by atoms with Crippen LogP contribution in [0.5, 0.6) is 0 Å². The van der Waals surface area contributed by atoms with Crippen LogP contribution in [0.2, 0.25) is 0 Å². The van der Waals surface area contributed by atoms with E-state index in [1.807, 2.05) is 0 Å². The van der Waals surface area contributed by atoms with E-state index in [0.717, 1.165) is 69.6 Å². The van der Waals surface area contributed by atoms with Gasteiger partial charge in [0.1, 0.15) is 13.2 Å². The predicted molar refractivity (Wildman–Crippen MR) is 243 cm³/mol. The first-order chi connectivity index (χ1) is 27.8. The highest BCUT2D eigenvalue weighted by Gasteiger charge is 2.19. The van der Waals surface area contributed by atoms with Gasteiger partial charge in [0, 0.05) is 19.3 Å². The van der Waals surface area contributed by atoms with E-state index in [9.17, 15) is 14.4 Å². The van der Waals surface area contributed by atoms with Gasteiger partial charge < -0.3 is 14.2 Å². The second-order valence-corrected chi connectivity index (χ2v) is 18.2. The Balaban J connectivity index is 4.30. The minimum Gasteiger partial charge on any atom is -0.462 e. The molecule has 57 heavy (non-hydrogen) atoms. The molecule has 0 heterocycles. The Bertz CT molecular complexity index is 872. The van der Waals surface area contributed by atoms with Crippen molar-refractivity contribution in [2.75, 3.05) is 13.2 Å². The fourth-order valence-corrected chi connectivity index (χ4v) is 7.60. The largest absolute Gasteiger partial charge is 0.462 e. The molecule has 0 saturated heterocycles. The molecule has 0 aliphatic heterocycles. The summed E-state index contributed by atoms with van der Waals surface area (Å²) in [6.07, 6.45) is 43.7. The molecule has 0 aromatic rings. The van der Waals surface area contributed by atoms with Crippen molar-refractivity contribution in [1.82, 2.24) is 0 Å². The second kappa shape index (κ2) is 44.0. The predicted octanol–water partition coefficient (Wildman–Crippen LogP) is 16.1. The number of unbranched alkanes of at least 4 members (excludes halogenated alkanes) is 29. The van der Waals surface area contributed by atoms with Crippen molar-refractivity contribution >= 4 is 17.9 Å². The molecular weight excluding hydrogens is 709 g/mol. The second-order valence-electron chi connectivity index (χ2n) is 18.2. The highest BCUT2D eigenvalue weighted by molar-refractivity contribution is 5.71. The first-order valence-electron chi connectivity index (χ1n) is 25.3. The van der Waals surface area contributed by atoms with Crippen LogP contribution in [-0.2, 0) is 28.6 Å². The number of rotatable bonds is 45. The summed E-state index contributed by atoms with van der Waals surface area (Å²) < 4.78 is 16.8. The van der Waals surface area contributed by atoms with Crippen LogP contribution >= 0.6 is 0 Å². The molecule has 0 aliphatic carbocycles. The lowest BCUT2D eigenvalue weighted by Gasteiger charge is -2.18. The zero-order valence-electron chi connectivity index (χ0n) is 39.0. The van der Waals surface area contributed by atoms with Gasteiger partial charge in [-0.05, 0) is 31.1 Å². The third kappa shape index (κ3) is 43.8. The first kappa shape index (κ1) is 55.4. The van der Waals surface area contributed by atoms with Gasteiger partial charge in [0.15, 0.2) is 6.10 Å². The van der Waals surface area contributed by atoms with Crippen LogP contribution in [0.3, 0.4) is 0 Å². The summed E-state index contributed by atoms with van der Waals surface area (Å²) in [4.78, 5) is 37.9. The van der Waals surface area contributed by atoms with Crippen molar-refractivity contribution < 1.29 is 28.6 Å². The van der Waals surface area contributed by atoms with Crippen molar-refractivity contribution in [2.45, 2.75) is 285 Å². The number of carbonyl (C=O) groups excluding carboxylic acids is 3. The maximum Gasteiger partial charge on any atom is 0.306 e. The van der Waals surface area contributed by atoms with E-state index < -0.39 is 6.10 Å². The third-order valence-corrected chi connectivity index (χ3v) is 11.8. The lowest BCUT2D eigenvalue weighted by molar-refractivity contribution is -0.167. The van der Waals surface area contributed by atoms with Gasteiger partial charge in [0.05, 0.1) is 0 Å². The molecule has 338 valence electrons. The Morgan fingerprint density at radius 1 is 0.368 bits per heavy atom. The molecule has 0 saturated carbocycles. The molecular formula is C51H98O6. The molecule has 0 fully saturated rings. The monoisotopic (exact) mass is 807 g/mol. The molecule has 0 N–H and O–H groups in total. The molecule has 0 aromatic heterocycles. The van der Waals surface area contributed by atoms with Gasteiger partial charge in [-0.15, -0.1) is 0 Å². The average Bonchev–Trinajstić information content (AvgIpc) is 3.19. The summed E-state index contributed by atoms with van der Waals surface area (Å²) in [6.45, 7) is 11.3. The topological polar surface area (TPSA) is 78.9 Å². The number of carbonyl (C=O) groups is 3. The SMILES string of the molecule is CCCCCCCCCCCCCCCCCCC(=O)OC[C@H](COC(=O)CCCCCCCCCCC(C)C)OC(=O)CCCCCCCCCCC(C)CC. The molecule has 2 atom stereocenters. The molecule has 0 rings (SSSR count). The van der Waals surface area contributed by atoms with Gasteiger partial charge in [-0.3, -0.25) is 14.4 Å². The fourth-order valence-electron chi connectivity index (χ4n) is 7.60. The van der Waals surface area contributed by atoms with E-state index in [1.54, 1.807) is 0 Å². The lowest BCUT2D eigenvalue weighted by atomic mass is 9.99. The Labute approximate surface area is 355 Å². The van der Waals surface area contributed by atoms with Gasteiger partial charge >= 0.3 is 17.9 Å². The lowest BCUT2D eigenvalue weighted by Crippen LogP contribution is -2.30. The van der Waals surface area contributed by atoms with Crippen LogP contribution in [-0.4, -0.2) is 37.2 Å².